The Labute approximate surface area is 137 Å². The van der Waals surface area contributed by atoms with E-state index in [9.17, 15) is 18.1 Å². The minimum absolute atomic E-state index is 0.590. The van der Waals surface area contributed by atoms with Crippen molar-refractivity contribution in [3.63, 3.8) is 0 Å². The molecule has 2 aromatic carbocycles. The summed E-state index contributed by atoms with van der Waals surface area (Å²) in [6.07, 6.45) is 0. The Hall–Kier alpha value is -1.87. The van der Waals surface area contributed by atoms with Gasteiger partial charge in [0.1, 0.15) is 11.5 Å². The highest BCUT2D eigenvalue weighted by atomic mass is 32.2. The average Bonchev–Trinajstić information content (AvgIpc) is 2.47. The first-order valence-corrected chi connectivity index (χ1v) is 8.65. The summed E-state index contributed by atoms with van der Waals surface area (Å²) in [4.78, 5) is 9.58. The van der Waals surface area contributed by atoms with Gasteiger partial charge >= 0.3 is 24.2 Å². The van der Waals surface area contributed by atoms with E-state index in [1.54, 1.807) is 24.3 Å². The van der Waals surface area contributed by atoms with Crippen LogP contribution in [0, 0.1) is 0 Å². The number of hydrogen-bond donors (Lipinski definition) is 2. The fourth-order valence-corrected chi connectivity index (χ4v) is 1.80. The zero-order valence-electron chi connectivity index (χ0n) is 11.8. The van der Waals surface area contributed by atoms with Crippen molar-refractivity contribution in [2.75, 3.05) is 0 Å². The van der Waals surface area contributed by atoms with Gasteiger partial charge in [-0.25, -0.2) is 0 Å². The van der Waals surface area contributed by atoms with Crippen molar-refractivity contribution in [2.24, 2.45) is 0 Å². The van der Waals surface area contributed by atoms with E-state index in [0.29, 0.717) is 11.5 Å². The van der Waals surface area contributed by atoms with Gasteiger partial charge in [-0.15, -0.1) is 0 Å². The van der Waals surface area contributed by atoms with Crippen molar-refractivity contribution in [3.8, 4) is 11.5 Å². The molecule has 0 amide bonds. The maximum absolute atomic E-state index is 10.7. The van der Waals surface area contributed by atoms with Crippen LogP contribution in [0.2, 0.25) is 0 Å². The lowest BCUT2D eigenvalue weighted by Crippen LogP contribution is -2.21. The molecule has 0 aliphatic carbocycles. The van der Waals surface area contributed by atoms with Crippen LogP contribution >= 0.6 is 8.60 Å². The molecule has 2 aromatic rings. The number of halogens is 3. The highest BCUT2D eigenvalue weighted by molar-refractivity contribution is 7.86. The summed E-state index contributed by atoms with van der Waals surface area (Å²) in [6.45, 7) is 0. The van der Waals surface area contributed by atoms with Gasteiger partial charge in [0.2, 0.25) is 0 Å². The molecule has 2 rings (SSSR count). The lowest BCUT2D eigenvalue weighted by Gasteiger charge is -2.11. The second-order valence-electron chi connectivity index (χ2n) is 3.97. The van der Waals surface area contributed by atoms with Gasteiger partial charge in [-0.05, 0) is 24.3 Å². The molecular formula is C13H12F3O6PS. The number of alkyl halides is 3. The monoisotopic (exact) mass is 384 g/mol. The molecule has 11 heteroatoms. The van der Waals surface area contributed by atoms with Crippen LogP contribution in [-0.2, 0) is 10.1 Å². The van der Waals surface area contributed by atoms with E-state index in [1.807, 2.05) is 36.4 Å². The van der Waals surface area contributed by atoms with Crippen LogP contribution < -0.4 is 9.05 Å². The van der Waals surface area contributed by atoms with Gasteiger partial charge in [-0.3, -0.25) is 4.55 Å². The molecule has 24 heavy (non-hydrogen) atoms. The van der Waals surface area contributed by atoms with Crippen LogP contribution in [0.4, 0.5) is 13.2 Å². The second-order valence-corrected chi connectivity index (χ2v) is 6.22. The zero-order valence-corrected chi connectivity index (χ0v) is 13.5. The van der Waals surface area contributed by atoms with Crippen molar-refractivity contribution in [1.82, 2.24) is 0 Å². The fraction of sp³-hybridized carbons (Fsp3) is 0.0769. The molecule has 0 atom stereocenters. The minimum Gasteiger partial charge on any atom is -0.418 e. The summed E-state index contributed by atoms with van der Waals surface area (Å²) in [6, 6.07) is 18.2. The molecule has 132 valence electrons. The highest BCUT2D eigenvalue weighted by Crippen LogP contribution is 2.35. The standard InChI is InChI=1S/C12H11O3P.CHF3O3S/c13-16(14-11-7-3-1-4-8-11)15-12-9-5-2-6-10-12;2-1(3,4)8(5,6)7/h1-10,13H;(H,5,6,7). The number of rotatable bonds is 4. The predicted molar refractivity (Wildman–Crippen MR) is 80.9 cm³/mol. The van der Waals surface area contributed by atoms with Crippen molar-refractivity contribution < 1.29 is 40.1 Å². The van der Waals surface area contributed by atoms with Crippen molar-refractivity contribution in [1.29, 1.82) is 0 Å². The molecule has 0 aliphatic heterocycles. The van der Waals surface area contributed by atoms with E-state index >= 15 is 0 Å². The molecule has 0 bridgehead atoms. The Kier molecular flexibility index (Phi) is 7.43. The first kappa shape index (κ1) is 20.2. The first-order chi connectivity index (χ1) is 11.1. The van der Waals surface area contributed by atoms with Crippen LogP contribution in [0.15, 0.2) is 60.7 Å². The Balaban J connectivity index is 0.000000307. The molecule has 0 unspecified atom stereocenters. The molecule has 0 saturated carbocycles. The third-order valence-electron chi connectivity index (χ3n) is 2.15. The zero-order chi connectivity index (χ0) is 18.2. The number of hydrogen-bond acceptors (Lipinski definition) is 5. The van der Waals surface area contributed by atoms with E-state index in [2.05, 4.69) is 0 Å². The molecule has 0 aromatic heterocycles. The molecule has 6 nitrogen and oxygen atoms in total. The quantitative estimate of drug-likeness (QED) is 0.474. The summed E-state index contributed by atoms with van der Waals surface area (Å²) in [7, 11) is -7.77. The molecule has 0 saturated heterocycles. The van der Waals surface area contributed by atoms with Gasteiger partial charge < -0.3 is 13.9 Å². The van der Waals surface area contributed by atoms with E-state index in [4.69, 9.17) is 22.0 Å². The highest BCUT2D eigenvalue weighted by Gasteiger charge is 2.44. The lowest BCUT2D eigenvalue weighted by atomic mass is 10.3. The predicted octanol–water partition coefficient (Wildman–Crippen LogP) is 3.76. The van der Waals surface area contributed by atoms with Gasteiger partial charge in [-0.2, -0.15) is 21.6 Å². The maximum atomic E-state index is 10.7. The van der Waals surface area contributed by atoms with Crippen molar-refractivity contribution in [3.05, 3.63) is 60.7 Å². The van der Waals surface area contributed by atoms with Gasteiger partial charge in [0.05, 0.1) is 0 Å². The topological polar surface area (TPSA) is 93.1 Å². The van der Waals surface area contributed by atoms with Crippen LogP contribution in [0.3, 0.4) is 0 Å². The lowest BCUT2D eigenvalue weighted by molar-refractivity contribution is -0.0510. The van der Waals surface area contributed by atoms with Crippen molar-refractivity contribution in [2.45, 2.75) is 5.51 Å². The van der Waals surface area contributed by atoms with E-state index < -0.39 is 24.2 Å². The van der Waals surface area contributed by atoms with Gasteiger partial charge in [0.15, 0.2) is 0 Å². The van der Waals surface area contributed by atoms with E-state index in [1.165, 1.54) is 0 Å². The molecule has 0 heterocycles. The minimum atomic E-state index is -5.84. The van der Waals surface area contributed by atoms with Gasteiger partial charge in [0, 0.05) is 0 Å². The fourth-order valence-electron chi connectivity index (χ4n) is 1.16. The smallest absolute Gasteiger partial charge is 0.418 e. The largest absolute Gasteiger partial charge is 0.522 e. The summed E-state index contributed by atoms with van der Waals surface area (Å²) < 4.78 is 68.0. The third kappa shape index (κ3) is 7.60. The van der Waals surface area contributed by atoms with Crippen LogP contribution in [0.1, 0.15) is 0 Å². The molecule has 2 N–H and O–H groups in total. The summed E-state index contributed by atoms with van der Waals surface area (Å²) in [5, 5.41) is 0. The third-order valence-corrected chi connectivity index (χ3v) is 3.46. The molecule has 0 spiro atoms. The van der Waals surface area contributed by atoms with E-state index in [0.717, 1.165) is 0 Å². The summed E-state index contributed by atoms with van der Waals surface area (Å²) in [5.41, 5.74) is -5.53. The molecule has 0 radical (unpaired) electrons. The average molecular weight is 384 g/mol. The molecule has 0 fully saturated rings. The SMILES string of the molecule is O=S(=O)(O)C(F)(F)F.OP(Oc1ccccc1)Oc1ccccc1. The first-order valence-electron chi connectivity index (χ1n) is 6.08. The van der Waals surface area contributed by atoms with Gasteiger partial charge in [0.25, 0.3) is 0 Å². The summed E-state index contributed by atoms with van der Waals surface area (Å²) in [5.74, 6) is 1.18. The Bertz CT molecular complexity index is 668. The second kappa shape index (κ2) is 8.84. The summed E-state index contributed by atoms with van der Waals surface area (Å²) >= 11 is 0. The normalized spacial score (nSPS) is 11.4. The Morgan fingerprint density at radius 1 is 0.833 bits per heavy atom. The van der Waals surface area contributed by atoms with Crippen LogP contribution in [0.25, 0.3) is 0 Å². The number of benzene rings is 2. The molecular weight excluding hydrogens is 372 g/mol. The maximum Gasteiger partial charge on any atom is 0.522 e. The van der Waals surface area contributed by atoms with Gasteiger partial charge in [-0.1, -0.05) is 36.4 Å². The van der Waals surface area contributed by atoms with Crippen LogP contribution in [0.5, 0.6) is 11.5 Å². The number of para-hydroxylation sites is 2. The van der Waals surface area contributed by atoms with Crippen LogP contribution in [-0.4, -0.2) is 23.4 Å². The Morgan fingerprint density at radius 3 is 1.38 bits per heavy atom. The van der Waals surface area contributed by atoms with E-state index in [-0.39, 0.29) is 0 Å². The molecule has 0 aliphatic rings. The Morgan fingerprint density at radius 2 is 1.12 bits per heavy atom. The van der Waals surface area contributed by atoms with Crippen molar-refractivity contribution >= 4 is 18.7 Å².